The molecule has 0 aromatic heterocycles. The first kappa shape index (κ1) is 15.8. The largest absolute Gasteiger partial charge is 0.478 e. The molecule has 2 rings (SSSR count). The number of nitrogens with zero attached hydrogens (tertiary/aromatic N) is 1. The lowest BCUT2D eigenvalue weighted by atomic mass is 10.2. The van der Waals surface area contributed by atoms with Crippen molar-refractivity contribution in [1.29, 1.82) is 0 Å². The lowest BCUT2D eigenvalue weighted by molar-refractivity contribution is -0.116. The van der Waals surface area contributed by atoms with Crippen LogP contribution >= 0.6 is 11.6 Å². The van der Waals surface area contributed by atoms with Gasteiger partial charge in [-0.1, -0.05) is 18.0 Å². The Morgan fingerprint density at radius 2 is 1.95 bits per heavy atom. The highest BCUT2D eigenvalue weighted by Gasteiger charge is 2.13. The molecule has 0 aliphatic carbocycles. The molecule has 7 heteroatoms. The standard InChI is InChI=1S/C14H18ClN3O3/c15-11-5-4-10(14(20)21)8-12(11)17-13(19)9-16-18-6-2-1-3-7-18/h4-5,8,16H,1-3,6-7,9H2,(H,17,19)(H,20,21). The van der Waals surface area contributed by atoms with Crippen LogP contribution < -0.4 is 10.7 Å². The van der Waals surface area contributed by atoms with Gasteiger partial charge < -0.3 is 10.4 Å². The highest BCUT2D eigenvalue weighted by atomic mass is 35.5. The molecule has 1 amide bonds. The number of benzene rings is 1. The highest BCUT2D eigenvalue weighted by Crippen LogP contribution is 2.23. The summed E-state index contributed by atoms with van der Waals surface area (Å²) in [6, 6.07) is 4.20. The third-order valence-corrected chi connectivity index (χ3v) is 3.64. The van der Waals surface area contributed by atoms with Gasteiger partial charge in [0, 0.05) is 13.1 Å². The lowest BCUT2D eigenvalue weighted by Gasteiger charge is -2.26. The van der Waals surface area contributed by atoms with Gasteiger partial charge in [-0.2, -0.15) is 0 Å². The minimum Gasteiger partial charge on any atom is -0.478 e. The Labute approximate surface area is 128 Å². The monoisotopic (exact) mass is 311 g/mol. The van der Waals surface area contributed by atoms with E-state index in [1.54, 1.807) is 0 Å². The van der Waals surface area contributed by atoms with Gasteiger partial charge in [0.2, 0.25) is 5.91 Å². The molecular formula is C14H18ClN3O3. The van der Waals surface area contributed by atoms with Crippen LogP contribution in [0.4, 0.5) is 5.69 Å². The Hall–Kier alpha value is -1.63. The minimum absolute atomic E-state index is 0.0821. The molecule has 1 heterocycles. The molecule has 0 spiro atoms. The van der Waals surface area contributed by atoms with Gasteiger partial charge in [-0.3, -0.25) is 4.79 Å². The molecule has 1 aliphatic rings. The second-order valence-electron chi connectivity index (χ2n) is 4.93. The summed E-state index contributed by atoms with van der Waals surface area (Å²) < 4.78 is 0. The smallest absolute Gasteiger partial charge is 0.335 e. The topological polar surface area (TPSA) is 81.7 Å². The van der Waals surface area contributed by atoms with Crippen molar-refractivity contribution in [3.63, 3.8) is 0 Å². The van der Waals surface area contributed by atoms with Gasteiger partial charge in [0.25, 0.3) is 0 Å². The van der Waals surface area contributed by atoms with Crippen LogP contribution in [0.15, 0.2) is 18.2 Å². The number of hydrazine groups is 1. The van der Waals surface area contributed by atoms with E-state index in [4.69, 9.17) is 16.7 Å². The van der Waals surface area contributed by atoms with E-state index in [9.17, 15) is 9.59 Å². The summed E-state index contributed by atoms with van der Waals surface area (Å²) in [7, 11) is 0. The fraction of sp³-hybridized carbons (Fsp3) is 0.429. The van der Waals surface area contributed by atoms with Crippen LogP contribution in [0.5, 0.6) is 0 Å². The van der Waals surface area contributed by atoms with Gasteiger partial charge in [0.15, 0.2) is 0 Å². The van der Waals surface area contributed by atoms with E-state index < -0.39 is 5.97 Å². The Bertz CT molecular complexity index is 530. The summed E-state index contributed by atoms with van der Waals surface area (Å²) in [5, 5.41) is 13.9. The maximum Gasteiger partial charge on any atom is 0.335 e. The van der Waals surface area contributed by atoms with Gasteiger partial charge in [0.05, 0.1) is 22.8 Å². The summed E-state index contributed by atoms with van der Waals surface area (Å²) in [5.74, 6) is -1.32. The van der Waals surface area contributed by atoms with Gasteiger partial charge in [-0.05, 0) is 31.0 Å². The van der Waals surface area contributed by atoms with Crippen molar-refractivity contribution in [2.45, 2.75) is 19.3 Å². The van der Waals surface area contributed by atoms with Crippen molar-refractivity contribution in [1.82, 2.24) is 10.4 Å². The van der Waals surface area contributed by atoms with E-state index in [2.05, 4.69) is 10.7 Å². The van der Waals surface area contributed by atoms with E-state index in [1.165, 1.54) is 24.6 Å². The van der Waals surface area contributed by atoms with Crippen LogP contribution in [0, 0.1) is 0 Å². The number of carboxylic acid groups (broad SMARTS) is 1. The summed E-state index contributed by atoms with van der Waals surface area (Å²) in [6.45, 7) is 2.00. The van der Waals surface area contributed by atoms with Gasteiger partial charge >= 0.3 is 5.97 Å². The Kier molecular flexibility index (Phi) is 5.55. The molecule has 0 unspecified atom stereocenters. The molecule has 6 nitrogen and oxygen atoms in total. The molecule has 0 atom stereocenters. The predicted octanol–water partition coefficient (Wildman–Crippen LogP) is 1.97. The SMILES string of the molecule is O=C(CNN1CCCCC1)Nc1cc(C(=O)O)ccc1Cl. The number of halogens is 1. The number of carbonyl (C=O) groups excluding carboxylic acids is 1. The van der Waals surface area contributed by atoms with Crippen molar-refractivity contribution in [3.8, 4) is 0 Å². The van der Waals surface area contributed by atoms with Gasteiger partial charge in [-0.25, -0.2) is 15.2 Å². The molecule has 1 aromatic rings. The summed E-state index contributed by atoms with van der Waals surface area (Å²) in [5.41, 5.74) is 3.45. The number of rotatable bonds is 5. The van der Waals surface area contributed by atoms with Gasteiger partial charge in [-0.15, -0.1) is 0 Å². The van der Waals surface area contributed by atoms with Crippen LogP contribution in [0.1, 0.15) is 29.6 Å². The maximum atomic E-state index is 11.9. The van der Waals surface area contributed by atoms with E-state index in [0.717, 1.165) is 25.9 Å². The molecule has 0 bridgehead atoms. The zero-order valence-electron chi connectivity index (χ0n) is 11.6. The first-order chi connectivity index (χ1) is 10.1. The zero-order chi connectivity index (χ0) is 15.2. The fourth-order valence-corrected chi connectivity index (χ4v) is 2.35. The lowest BCUT2D eigenvalue weighted by Crippen LogP contribution is -2.45. The average molecular weight is 312 g/mol. The highest BCUT2D eigenvalue weighted by molar-refractivity contribution is 6.33. The summed E-state index contributed by atoms with van der Waals surface area (Å²) in [4.78, 5) is 22.8. The van der Waals surface area contributed by atoms with E-state index >= 15 is 0 Å². The molecule has 21 heavy (non-hydrogen) atoms. The van der Waals surface area contributed by atoms with Crippen molar-refractivity contribution >= 4 is 29.2 Å². The van der Waals surface area contributed by atoms with Gasteiger partial charge in [0.1, 0.15) is 0 Å². The molecule has 3 N–H and O–H groups in total. The number of nitrogens with one attached hydrogen (secondary N) is 2. The molecule has 1 fully saturated rings. The number of aromatic carboxylic acids is 1. The Morgan fingerprint density at radius 1 is 1.24 bits per heavy atom. The molecule has 114 valence electrons. The van der Waals surface area contributed by atoms with Crippen molar-refractivity contribution in [3.05, 3.63) is 28.8 Å². The van der Waals surface area contributed by atoms with E-state index in [-0.39, 0.29) is 18.0 Å². The number of amides is 1. The third-order valence-electron chi connectivity index (χ3n) is 3.31. The van der Waals surface area contributed by atoms with Crippen LogP contribution in [-0.4, -0.2) is 41.6 Å². The van der Waals surface area contributed by atoms with E-state index in [0.29, 0.717) is 10.7 Å². The van der Waals surface area contributed by atoms with Crippen molar-refractivity contribution in [2.24, 2.45) is 0 Å². The number of hydrogen-bond donors (Lipinski definition) is 3. The number of carboxylic acids is 1. The second-order valence-corrected chi connectivity index (χ2v) is 5.34. The number of piperidine rings is 1. The van der Waals surface area contributed by atoms with Crippen LogP contribution in [-0.2, 0) is 4.79 Å². The quantitative estimate of drug-likeness (QED) is 0.774. The number of anilines is 1. The van der Waals surface area contributed by atoms with E-state index in [1.807, 2.05) is 5.01 Å². The normalized spacial score (nSPS) is 15.7. The fourth-order valence-electron chi connectivity index (χ4n) is 2.18. The van der Waals surface area contributed by atoms with Crippen LogP contribution in [0.3, 0.4) is 0 Å². The molecule has 1 saturated heterocycles. The molecule has 1 aliphatic heterocycles. The van der Waals surface area contributed by atoms with Crippen LogP contribution in [0.2, 0.25) is 5.02 Å². The predicted molar refractivity (Wildman–Crippen MR) is 80.5 cm³/mol. The van der Waals surface area contributed by atoms with Crippen molar-refractivity contribution in [2.75, 3.05) is 25.0 Å². The number of carbonyl (C=O) groups is 2. The minimum atomic E-state index is -1.06. The average Bonchev–Trinajstić information content (AvgIpc) is 2.48. The van der Waals surface area contributed by atoms with Crippen molar-refractivity contribution < 1.29 is 14.7 Å². The second kappa shape index (κ2) is 7.40. The third kappa shape index (κ3) is 4.70. The molecule has 0 saturated carbocycles. The zero-order valence-corrected chi connectivity index (χ0v) is 12.3. The maximum absolute atomic E-state index is 11.9. The first-order valence-corrected chi connectivity index (χ1v) is 7.25. The Balaban J connectivity index is 1.89. The summed E-state index contributed by atoms with van der Waals surface area (Å²) >= 11 is 5.96. The first-order valence-electron chi connectivity index (χ1n) is 6.87. The Morgan fingerprint density at radius 3 is 2.62 bits per heavy atom. The molecule has 1 aromatic carbocycles. The molecule has 0 radical (unpaired) electrons. The number of hydrogen-bond acceptors (Lipinski definition) is 4. The van der Waals surface area contributed by atoms with Crippen LogP contribution in [0.25, 0.3) is 0 Å². The summed E-state index contributed by atoms with van der Waals surface area (Å²) in [6.07, 6.45) is 3.48. The molecular weight excluding hydrogens is 294 g/mol.